The summed E-state index contributed by atoms with van der Waals surface area (Å²) >= 11 is 0. The minimum Gasteiger partial charge on any atom is -0.256 e. The van der Waals surface area contributed by atoms with Gasteiger partial charge in [-0.25, -0.2) is 0 Å². The van der Waals surface area contributed by atoms with Crippen LogP contribution < -0.4 is 0 Å². The van der Waals surface area contributed by atoms with Crippen LogP contribution in [0.15, 0.2) is 30.5 Å². The molecule has 17 heavy (non-hydrogen) atoms. The number of benzene rings is 1. The first-order valence-electron chi connectivity index (χ1n) is 5.98. The molecule has 1 aromatic carbocycles. The Hall–Kier alpha value is -1.88. The van der Waals surface area contributed by atoms with Crippen molar-refractivity contribution in [1.82, 2.24) is 4.98 Å². The fourth-order valence-corrected chi connectivity index (χ4v) is 1.98. The number of pyridine rings is 1. The molecule has 1 atom stereocenters. The van der Waals surface area contributed by atoms with Gasteiger partial charge in [0.2, 0.25) is 0 Å². The van der Waals surface area contributed by atoms with E-state index in [-0.39, 0.29) is 5.92 Å². The average molecular weight is 224 g/mol. The second kappa shape index (κ2) is 4.97. The van der Waals surface area contributed by atoms with E-state index in [1.54, 1.807) is 0 Å². The number of fused-ring (bicyclic) bond motifs is 1. The molecule has 0 spiro atoms. The molecule has 2 rings (SSSR count). The summed E-state index contributed by atoms with van der Waals surface area (Å²) < 4.78 is 0. The second-order valence-corrected chi connectivity index (χ2v) is 4.48. The molecule has 0 fully saturated rings. The first-order valence-corrected chi connectivity index (χ1v) is 5.98. The molecule has 2 aromatic rings. The molecule has 0 bridgehead atoms. The quantitative estimate of drug-likeness (QED) is 0.798. The number of aryl methyl sites for hydroxylation is 1. The normalized spacial score (nSPS) is 12.3. The minimum absolute atomic E-state index is 0.116. The molecular formula is C15H16N2. The van der Waals surface area contributed by atoms with Crippen LogP contribution in [0.5, 0.6) is 0 Å². The van der Waals surface area contributed by atoms with Gasteiger partial charge in [0.25, 0.3) is 0 Å². The third kappa shape index (κ3) is 2.62. The Morgan fingerprint density at radius 3 is 2.88 bits per heavy atom. The number of nitrogens with zero attached hydrogens (tertiary/aromatic N) is 2. The van der Waals surface area contributed by atoms with Crippen molar-refractivity contribution in [3.8, 4) is 6.07 Å². The van der Waals surface area contributed by atoms with Crippen molar-refractivity contribution in [1.29, 1.82) is 5.26 Å². The van der Waals surface area contributed by atoms with Crippen molar-refractivity contribution in [2.45, 2.75) is 26.7 Å². The highest BCUT2D eigenvalue weighted by molar-refractivity contribution is 5.79. The molecule has 0 amide bonds. The van der Waals surface area contributed by atoms with Gasteiger partial charge in [-0.3, -0.25) is 4.98 Å². The number of nitriles is 1. The van der Waals surface area contributed by atoms with E-state index in [1.165, 1.54) is 11.1 Å². The summed E-state index contributed by atoms with van der Waals surface area (Å²) in [5.74, 6) is 0.116. The fourth-order valence-electron chi connectivity index (χ4n) is 1.98. The monoisotopic (exact) mass is 224 g/mol. The molecule has 2 heteroatoms. The van der Waals surface area contributed by atoms with Crippen LogP contribution in [0.25, 0.3) is 10.9 Å². The van der Waals surface area contributed by atoms with Crippen LogP contribution in [-0.2, 0) is 6.42 Å². The van der Waals surface area contributed by atoms with E-state index in [4.69, 9.17) is 5.26 Å². The number of hydrogen-bond acceptors (Lipinski definition) is 2. The van der Waals surface area contributed by atoms with Crippen molar-refractivity contribution in [3.05, 3.63) is 41.6 Å². The van der Waals surface area contributed by atoms with Crippen LogP contribution >= 0.6 is 0 Å². The molecule has 0 aliphatic heterocycles. The van der Waals surface area contributed by atoms with Crippen molar-refractivity contribution in [2.75, 3.05) is 0 Å². The van der Waals surface area contributed by atoms with E-state index in [2.05, 4.69) is 36.2 Å². The summed E-state index contributed by atoms with van der Waals surface area (Å²) in [4.78, 5) is 4.38. The number of rotatable bonds is 3. The molecule has 0 saturated carbocycles. The molecule has 0 aliphatic carbocycles. The van der Waals surface area contributed by atoms with Crippen LogP contribution in [-0.4, -0.2) is 4.98 Å². The molecule has 86 valence electrons. The summed E-state index contributed by atoms with van der Waals surface area (Å²) in [6, 6.07) is 10.7. The largest absolute Gasteiger partial charge is 0.256 e. The van der Waals surface area contributed by atoms with E-state index in [9.17, 15) is 0 Å². The lowest BCUT2D eigenvalue weighted by Gasteiger charge is -2.07. The van der Waals surface area contributed by atoms with Crippen molar-refractivity contribution >= 4 is 10.9 Å². The van der Waals surface area contributed by atoms with Gasteiger partial charge in [0, 0.05) is 11.6 Å². The zero-order chi connectivity index (χ0) is 12.3. The fraction of sp³-hybridized carbons (Fsp3) is 0.333. The van der Waals surface area contributed by atoms with Gasteiger partial charge >= 0.3 is 0 Å². The van der Waals surface area contributed by atoms with Gasteiger partial charge in [0.1, 0.15) is 0 Å². The van der Waals surface area contributed by atoms with Crippen molar-refractivity contribution < 1.29 is 0 Å². The molecule has 0 aliphatic rings. The first kappa shape index (κ1) is 11.6. The predicted octanol–water partition coefficient (Wildman–Crippen LogP) is 3.64. The number of aromatic nitrogens is 1. The summed E-state index contributed by atoms with van der Waals surface area (Å²) in [6.07, 6.45) is 3.61. The SMILES string of the molecule is CCC(C#N)Cc1ccc2ncc(C)cc2c1. The zero-order valence-electron chi connectivity index (χ0n) is 10.3. The van der Waals surface area contributed by atoms with Gasteiger partial charge in [0.05, 0.1) is 17.5 Å². The predicted molar refractivity (Wildman–Crippen MR) is 69.6 cm³/mol. The van der Waals surface area contributed by atoms with Gasteiger partial charge in [-0.15, -0.1) is 0 Å². The van der Waals surface area contributed by atoms with Crippen molar-refractivity contribution in [2.24, 2.45) is 5.92 Å². The average Bonchev–Trinajstić information content (AvgIpc) is 2.35. The lowest BCUT2D eigenvalue weighted by molar-refractivity contribution is 0.638. The summed E-state index contributed by atoms with van der Waals surface area (Å²) in [6.45, 7) is 4.10. The zero-order valence-corrected chi connectivity index (χ0v) is 10.3. The summed E-state index contributed by atoms with van der Waals surface area (Å²) in [7, 11) is 0. The molecule has 1 aromatic heterocycles. The Labute approximate surface area is 102 Å². The maximum Gasteiger partial charge on any atom is 0.0702 e. The third-order valence-electron chi connectivity index (χ3n) is 3.04. The van der Waals surface area contributed by atoms with E-state index in [0.717, 1.165) is 23.7 Å². The van der Waals surface area contributed by atoms with Gasteiger partial charge in [0.15, 0.2) is 0 Å². The Kier molecular flexibility index (Phi) is 3.39. The maximum absolute atomic E-state index is 8.98. The van der Waals surface area contributed by atoms with E-state index < -0.39 is 0 Å². The Morgan fingerprint density at radius 2 is 2.18 bits per heavy atom. The third-order valence-corrected chi connectivity index (χ3v) is 3.04. The van der Waals surface area contributed by atoms with Crippen LogP contribution in [0.3, 0.4) is 0 Å². The molecule has 0 radical (unpaired) electrons. The summed E-state index contributed by atoms with van der Waals surface area (Å²) in [5, 5.41) is 10.1. The van der Waals surface area contributed by atoms with Crippen LogP contribution in [0.1, 0.15) is 24.5 Å². The summed E-state index contributed by atoms with van der Waals surface area (Å²) in [5.41, 5.74) is 3.41. The Bertz CT molecular complexity index is 567. The van der Waals surface area contributed by atoms with Gasteiger partial charge < -0.3 is 0 Å². The van der Waals surface area contributed by atoms with E-state index in [1.807, 2.05) is 19.2 Å². The molecular weight excluding hydrogens is 208 g/mol. The Balaban J connectivity index is 2.34. The number of hydrogen-bond donors (Lipinski definition) is 0. The lowest BCUT2D eigenvalue weighted by Crippen LogP contribution is -1.99. The van der Waals surface area contributed by atoms with Crippen LogP contribution in [0, 0.1) is 24.2 Å². The molecule has 2 nitrogen and oxygen atoms in total. The van der Waals surface area contributed by atoms with Gasteiger partial charge in [-0.1, -0.05) is 13.0 Å². The topological polar surface area (TPSA) is 36.7 Å². The van der Waals surface area contributed by atoms with E-state index >= 15 is 0 Å². The van der Waals surface area contributed by atoms with E-state index in [0.29, 0.717) is 0 Å². The molecule has 1 heterocycles. The minimum atomic E-state index is 0.116. The Morgan fingerprint density at radius 1 is 1.35 bits per heavy atom. The van der Waals surface area contributed by atoms with Crippen LogP contribution in [0.4, 0.5) is 0 Å². The second-order valence-electron chi connectivity index (χ2n) is 4.48. The molecule has 0 N–H and O–H groups in total. The highest BCUT2D eigenvalue weighted by atomic mass is 14.6. The van der Waals surface area contributed by atoms with Crippen molar-refractivity contribution in [3.63, 3.8) is 0 Å². The van der Waals surface area contributed by atoms with Gasteiger partial charge in [-0.2, -0.15) is 5.26 Å². The smallest absolute Gasteiger partial charge is 0.0702 e. The molecule has 1 unspecified atom stereocenters. The standard InChI is InChI=1S/C15H16N2/c1-3-12(9-16)7-13-4-5-15-14(8-13)6-11(2)10-17-15/h4-6,8,10,12H,3,7H2,1-2H3. The molecule has 0 saturated heterocycles. The van der Waals surface area contributed by atoms with Crippen LogP contribution in [0.2, 0.25) is 0 Å². The first-order chi connectivity index (χ1) is 8.22. The highest BCUT2D eigenvalue weighted by Gasteiger charge is 2.06. The van der Waals surface area contributed by atoms with Gasteiger partial charge in [-0.05, 0) is 49.1 Å². The lowest BCUT2D eigenvalue weighted by atomic mass is 9.97. The maximum atomic E-state index is 8.98. The highest BCUT2D eigenvalue weighted by Crippen LogP contribution is 2.18.